The molecule has 2 N–H and O–H groups in total. The van der Waals surface area contributed by atoms with E-state index < -0.39 is 0 Å². The van der Waals surface area contributed by atoms with Gasteiger partial charge in [0.25, 0.3) is 0 Å². The molecular formula is C23H21FN4O3. The fraction of sp³-hybridized carbons (Fsp3) is 0.261. The molecule has 2 amide bonds. The van der Waals surface area contributed by atoms with Gasteiger partial charge >= 0.3 is 6.03 Å². The standard InChI is InChI=1S/C23H21FN4O3/c24-15-3-5-18-17(12-15)26-23(21-2-1-9-28(18)21)7-10-27(11-8-23)22(29)25-16-4-6-19-20(13-16)31-14-30-19/h1-6,9,12-13,26H,7-8,10-11,14H2,(H,25,29). The van der Waals surface area contributed by atoms with Crippen LogP contribution in [-0.4, -0.2) is 35.4 Å². The molecule has 158 valence electrons. The predicted octanol–water partition coefficient (Wildman–Crippen LogP) is 4.29. The Morgan fingerprint density at radius 2 is 1.90 bits per heavy atom. The minimum absolute atomic E-state index is 0.147. The first-order valence-electron chi connectivity index (χ1n) is 10.3. The quantitative estimate of drug-likeness (QED) is 0.616. The molecule has 1 aromatic heterocycles. The van der Waals surface area contributed by atoms with Gasteiger partial charge in [0.1, 0.15) is 5.82 Å². The van der Waals surface area contributed by atoms with Crippen molar-refractivity contribution in [3.8, 4) is 17.2 Å². The van der Waals surface area contributed by atoms with E-state index in [2.05, 4.69) is 21.3 Å². The molecule has 3 aliphatic heterocycles. The highest BCUT2D eigenvalue weighted by Gasteiger charge is 2.42. The van der Waals surface area contributed by atoms with Crippen LogP contribution >= 0.6 is 0 Å². The Morgan fingerprint density at radius 3 is 2.77 bits per heavy atom. The molecule has 3 aromatic rings. The number of halogens is 1. The maximum absolute atomic E-state index is 13.9. The Balaban J connectivity index is 1.19. The van der Waals surface area contributed by atoms with Crippen molar-refractivity contribution in [3.05, 3.63) is 66.2 Å². The molecule has 1 fully saturated rings. The number of likely N-dealkylation sites (tertiary alicyclic amines) is 1. The maximum atomic E-state index is 13.9. The summed E-state index contributed by atoms with van der Waals surface area (Å²) in [5.41, 5.74) is 3.20. The number of anilines is 2. The van der Waals surface area contributed by atoms with E-state index in [1.165, 1.54) is 6.07 Å². The van der Waals surface area contributed by atoms with E-state index in [1.807, 2.05) is 17.2 Å². The smallest absolute Gasteiger partial charge is 0.321 e. The summed E-state index contributed by atoms with van der Waals surface area (Å²) in [7, 11) is 0. The zero-order chi connectivity index (χ0) is 21.0. The van der Waals surface area contributed by atoms with Crippen LogP contribution in [0.3, 0.4) is 0 Å². The van der Waals surface area contributed by atoms with Gasteiger partial charge in [0, 0.05) is 36.7 Å². The average Bonchev–Trinajstić information content (AvgIpc) is 3.44. The molecule has 2 aromatic carbocycles. The van der Waals surface area contributed by atoms with E-state index in [0.29, 0.717) is 30.3 Å². The van der Waals surface area contributed by atoms with Gasteiger partial charge in [-0.25, -0.2) is 9.18 Å². The molecule has 8 heteroatoms. The van der Waals surface area contributed by atoms with Crippen LogP contribution in [0.4, 0.5) is 20.6 Å². The molecule has 0 radical (unpaired) electrons. The van der Waals surface area contributed by atoms with E-state index >= 15 is 0 Å². The zero-order valence-electron chi connectivity index (χ0n) is 16.7. The third-order valence-corrected chi connectivity index (χ3v) is 6.36. The molecule has 1 spiro atoms. The highest BCUT2D eigenvalue weighted by atomic mass is 19.1. The Labute approximate surface area is 178 Å². The number of aromatic nitrogens is 1. The minimum Gasteiger partial charge on any atom is -0.454 e. The third kappa shape index (κ3) is 2.90. The van der Waals surface area contributed by atoms with Crippen molar-refractivity contribution in [1.29, 1.82) is 0 Å². The van der Waals surface area contributed by atoms with Crippen LogP contribution in [0.1, 0.15) is 18.5 Å². The van der Waals surface area contributed by atoms with Crippen LogP contribution in [0.15, 0.2) is 54.7 Å². The normalized spacial score (nSPS) is 17.6. The summed E-state index contributed by atoms with van der Waals surface area (Å²) in [6.45, 7) is 1.36. The van der Waals surface area contributed by atoms with Crippen LogP contribution in [-0.2, 0) is 5.54 Å². The second kappa shape index (κ2) is 6.66. The summed E-state index contributed by atoms with van der Waals surface area (Å²) < 4.78 is 26.7. The fourth-order valence-corrected chi connectivity index (χ4v) is 4.77. The first-order valence-corrected chi connectivity index (χ1v) is 10.3. The second-order valence-corrected chi connectivity index (χ2v) is 8.12. The summed E-state index contributed by atoms with van der Waals surface area (Å²) in [5.74, 6) is 1.05. The van der Waals surface area contributed by atoms with Crippen LogP contribution in [0, 0.1) is 5.82 Å². The van der Waals surface area contributed by atoms with Gasteiger partial charge in [-0.05, 0) is 55.3 Å². The molecule has 1 saturated heterocycles. The van der Waals surface area contributed by atoms with Gasteiger partial charge in [0.2, 0.25) is 6.79 Å². The molecule has 0 atom stereocenters. The first-order chi connectivity index (χ1) is 15.1. The number of carbonyl (C=O) groups excluding carboxylic acids is 1. The molecule has 4 heterocycles. The number of benzene rings is 2. The largest absolute Gasteiger partial charge is 0.454 e. The van der Waals surface area contributed by atoms with Crippen molar-refractivity contribution in [1.82, 2.24) is 9.47 Å². The number of nitrogens with one attached hydrogen (secondary N) is 2. The monoisotopic (exact) mass is 420 g/mol. The molecule has 0 saturated carbocycles. The summed E-state index contributed by atoms with van der Waals surface area (Å²) in [4.78, 5) is 14.7. The van der Waals surface area contributed by atoms with Crippen molar-refractivity contribution < 1.29 is 18.7 Å². The zero-order valence-corrected chi connectivity index (χ0v) is 16.7. The van der Waals surface area contributed by atoms with Crippen molar-refractivity contribution in [3.63, 3.8) is 0 Å². The number of ether oxygens (including phenoxy) is 2. The van der Waals surface area contributed by atoms with Crippen molar-refractivity contribution in [2.75, 3.05) is 30.5 Å². The van der Waals surface area contributed by atoms with Gasteiger partial charge in [0.05, 0.1) is 16.9 Å². The highest BCUT2D eigenvalue weighted by Crippen LogP contribution is 2.43. The topological polar surface area (TPSA) is 67.8 Å². The van der Waals surface area contributed by atoms with E-state index in [4.69, 9.17) is 9.47 Å². The molecule has 0 unspecified atom stereocenters. The van der Waals surface area contributed by atoms with Crippen molar-refractivity contribution in [2.24, 2.45) is 0 Å². The lowest BCUT2D eigenvalue weighted by Crippen LogP contribution is -2.51. The molecular weight excluding hydrogens is 399 g/mol. The molecule has 31 heavy (non-hydrogen) atoms. The number of amides is 2. The lowest BCUT2D eigenvalue weighted by Gasteiger charge is -2.46. The number of rotatable bonds is 1. The summed E-state index contributed by atoms with van der Waals surface area (Å²) in [6.07, 6.45) is 3.45. The van der Waals surface area contributed by atoms with Gasteiger partial charge in [-0.3, -0.25) is 0 Å². The molecule has 6 rings (SSSR count). The summed E-state index contributed by atoms with van der Waals surface area (Å²) in [5, 5.41) is 6.53. The highest BCUT2D eigenvalue weighted by molar-refractivity contribution is 5.90. The maximum Gasteiger partial charge on any atom is 0.321 e. The lowest BCUT2D eigenvalue weighted by atomic mass is 9.82. The van der Waals surface area contributed by atoms with Gasteiger partial charge in [-0.15, -0.1) is 0 Å². The average molecular weight is 420 g/mol. The number of hydrogen-bond donors (Lipinski definition) is 2. The SMILES string of the molecule is O=C(Nc1ccc2c(c1)OCO2)N1CCC2(CC1)Nc1cc(F)ccc1-n1cccc12. The van der Waals surface area contributed by atoms with Crippen LogP contribution in [0.2, 0.25) is 0 Å². The number of carbonyl (C=O) groups is 1. The van der Waals surface area contributed by atoms with E-state index in [-0.39, 0.29) is 24.2 Å². The predicted molar refractivity (Wildman–Crippen MR) is 113 cm³/mol. The van der Waals surface area contributed by atoms with Gasteiger partial charge < -0.3 is 29.6 Å². The second-order valence-electron chi connectivity index (χ2n) is 8.12. The number of fused-ring (bicyclic) bond motifs is 5. The van der Waals surface area contributed by atoms with Crippen molar-refractivity contribution in [2.45, 2.75) is 18.4 Å². The Hall–Kier alpha value is -3.68. The molecule has 7 nitrogen and oxygen atoms in total. The lowest BCUT2D eigenvalue weighted by molar-refractivity contribution is 0.174. The molecule has 3 aliphatic rings. The Kier molecular flexibility index (Phi) is 3.89. The van der Waals surface area contributed by atoms with Crippen LogP contribution < -0.4 is 20.1 Å². The van der Waals surface area contributed by atoms with E-state index in [0.717, 1.165) is 29.9 Å². The third-order valence-electron chi connectivity index (χ3n) is 6.36. The molecule has 0 bridgehead atoms. The minimum atomic E-state index is -0.334. The number of hydrogen-bond acceptors (Lipinski definition) is 4. The number of piperidine rings is 1. The van der Waals surface area contributed by atoms with Gasteiger partial charge in [-0.2, -0.15) is 0 Å². The van der Waals surface area contributed by atoms with Crippen LogP contribution in [0.5, 0.6) is 11.5 Å². The summed E-state index contributed by atoms with van der Waals surface area (Å²) in [6, 6.07) is 14.1. The number of nitrogens with zero attached hydrogens (tertiary/aromatic N) is 2. The first kappa shape index (κ1) is 18.1. The van der Waals surface area contributed by atoms with Crippen molar-refractivity contribution >= 4 is 17.4 Å². The Morgan fingerprint density at radius 1 is 1.06 bits per heavy atom. The van der Waals surface area contributed by atoms with Gasteiger partial charge in [0.15, 0.2) is 11.5 Å². The Bertz CT molecular complexity index is 1180. The van der Waals surface area contributed by atoms with E-state index in [1.54, 1.807) is 30.3 Å². The van der Waals surface area contributed by atoms with Gasteiger partial charge in [-0.1, -0.05) is 0 Å². The fourth-order valence-electron chi connectivity index (χ4n) is 4.77. The van der Waals surface area contributed by atoms with E-state index in [9.17, 15) is 9.18 Å². The number of urea groups is 1. The molecule has 0 aliphatic carbocycles. The summed E-state index contributed by atoms with van der Waals surface area (Å²) >= 11 is 0. The van der Waals surface area contributed by atoms with Crippen LogP contribution in [0.25, 0.3) is 5.69 Å².